The molecule has 1 aliphatic rings. The summed E-state index contributed by atoms with van der Waals surface area (Å²) in [6.45, 7) is 1.35. The highest BCUT2D eigenvalue weighted by molar-refractivity contribution is 5.70. The van der Waals surface area contributed by atoms with E-state index in [0.717, 1.165) is 32.0 Å². The largest absolute Gasteiger partial charge is 0.455 e. The van der Waals surface area contributed by atoms with Crippen molar-refractivity contribution in [2.24, 2.45) is 5.92 Å². The van der Waals surface area contributed by atoms with Gasteiger partial charge in [-0.25, -0.2) is 0 Å². The lowest BCUT2D eigenvalue weighted by atomic mass is 9.86. The van der Waals surface area contributed by atoms with Crippen molar-refractivity contribution in [2.75, 3.05) is 0 Å². The van der Waals surface area contributed by atoms with Gasteiger partial charge in [0, 0.05) is 12.8 Å². The number of hydrogen-bond acceptors (Lipinski definition) is 3. The van der Waals surface area contributed by atoms with Crippen LogP contribution >= 0.6 is 0 Å². The molecular weight excluding hydrogens is 168 g/mol. The molecule has 0 unspecified atom stereocenters. The molecule has 1 rings (SSSR count). The van der Waals surface area contributed by atoms with Gasteiger partial charge in [-0.2, -0.15) is 0 Å². The zero-order valence-corrected chi connectivity index (χ0v) is 7.99. The van der Waals surface area contributed by atoms with E-state index in [0.29, 0.717) is 0 Å². The minimum absolute atomic E-state index is 0.259. The SMILES string of the molecule is CC(=O)O[C@H](C=O)C1CCCCC1. The van der Waals surface area contributed by atoms with E-state index in [-0.39, 0.29) is 11.9 Å². The second-order valence-electron chi connectivity index (χ2n) is 3.61. The Morgan fingerprint density at radius 1 is 1.38 bits per heavy atom. The Bertz CT molecular complexity index is 183. The molecule has 74 valence electrons. The van der Waals surface area contributed by atoms with Crippen LogP contribution in [0.4, 0.5) is 0 Å². The molecule has 3 nitrogen and oxygen atoms in total. The van der Waals surface area contributed by atoms with Crippen LogP contribution in [0.15, 0.2) is 0 Å². The molecule has 1 aliphatic carbocycles. The summed E-state index contributed by atoms with van der Waals surface area (Å²) in [6.07, 6.45) is 5.82. The first-order valence-corrected chi connectivity index (χ1v) is 4.86. The van der Waals surface area contributed by atoms with Crippen LogP contribution in [0.5, 0.6) is 0 Å². The Morgan fingerprint density at radius 2 is 2.00 bits per heavy atom. The highest BCUT2D eigenvalue weighted by Gasteiger charge is 2.25. The second-order valence-corrected chi connectivity index (χ2v) is 3.61. The van der Waals surface area contributed by atoms with Gasteiger partial charge in [0.25, 0.3) is 0 Å². The molecule has 1 atom stereocenters. The van der Waals surface area contributed by atoms with E-state index in [2.05, 4.69) is 0 Å². The Hall–Kier alpha value is -0.860. The maximum atomic E-state index is 10.7. The topological polar surface area (TPSA) is 43.4 Å². The maximum absolute atomic E-state index is 10.7. The zero-order chi connectivity index (χ0) is 9.68. The van der Waals surface area contributed by atoms with Crippen molar-refractivity contribution >= 4 is 12.3 Å². The number of hydrogen-bond donors (Lipinski definition) is 0. The highest BCUT2D eigenvalue weighted by atomic mass is 16.5. The zero-order valence-electron chi connectivity index (χ0n) is 7.99. The first kappa shape index (κ1) is 10.2. The van der Waals surface area contributed by atoms with Gasteiger partial charge in [0.15, 0.2) is 12.4 Å². The van der Waals surface area contributed by atoms with Crippen LogP contribution in [-0.4, -0.2) is 18.4 Å². The molecule has 0 amide bonds. The molecule has 0 saturated heterocycles. The molecule has 0 bridgehead atoms. The van der Waals surface area contributed by atoms with E-state index in [1.54, 1.807) is 0 Å². The summed E-state index contributed by atoms with van der Waals surface area (Å²) in [5, 5.41) is 0. The molecule has 0 spiro atoms. The fraction of sp³-hybridized carbons (Fsp3) is 0.800. The summed E-state index contributed by atoms with van der Waals surface area (Å²) < 4.78 is 4.93. The van der Waals surface area contributed by atoms with E-state index < -0.39 is 6.10 Å². The van der Waals surface area contributed by atoms with Crippen LogP contribution < -0.4 is 0 Å². The predicted octanol–water partition coefficient (Wildman–Crippen LogP) is 1.70. The minimum atomic E-state index is -0.502. The third-order valence-corrected chi connectivity index (χ3v) is 2.55. The number of aldehydes is 1. The van der Waals surface area contributed by atoms with Crippen LogP contribution in [-0.2, 0) is 14.3 Å². The van der Waals surface area contributed by atoms with E-state index in [9.17, 15) is 9.59 Å². The smallest absolute Gasteiger partial charge is 0.303 e. The third kappa shape index (κ3) is 3.17. The van der Waals surface area contributed by atoms with E-state index in [4.69, 9.17) is 4.74 Å². The van der Waals surface area contributed by atoms with Crippen molar-refractivity contribution in [2.45, 2.75) is 45.1 Å². The quantitative estimate of drug-likeness (QED) is 0.495. The minimum Gasteiger partial charge on any atom is -0.455 e. The van der Waals surface area contributed by atoms with Crippen molar-refractivity contribution in [3.8, 4) is 0 Å². The van der Waals surface area contributed by atoms with Crippen LogP contribution in [0, 0.1) is 5.92 Å². The normalized spacial score (nSPS) is 20.7. The lowest BCUT2D eigenvalue weighted by Gasteiger charge is -2.25. The lowest BCUT2D eigenvalue weighted by Crippen LogP contribution is -2.29. The van der Waals surface area contributed by atoms with Crippen molar-refractivity contribution < 1.29 is 14.3 Å². The fourth-order valence-corrected chi connectivity index (χ4v) is 1.89. The molecular formula is C10H16O3. The molecule has 1 fully saturated rings. The average Bonchev–Trinajstić information content (AvgIpc) is 2.15. The molecule has 0 heterocycles. The maximum Gasteiger partial charge on any atom is 0.303 e. The Labute approximate surface area is 78.5 Å². The Kier molecular flexibility index (Phi) is 3.93. The van der Waals surface area contributed by atoms with Gasteiger partial charge in [0.05, 0.1) is 0 Å². The summed E-state index contributed by atoms with van der Waals surface area (Å²) >= 11 is 0. The van der Waals surface area contributed by atoms with Crippen LogP contribution in [0.3, 0.4) is 0 Å². The summed E-state index contributed by atoms with van der Waals surface area (Å²) in [5.41, 5.74) is 0. The number of rotatable bonds is 3. The first-order chi connectivity index (χ1) is 6.24. The van der Waals surface area contributed by atoms with Crippen molar-refractivity contribution in [1.82, 2.24) is 0 Å². The van der Waals surface area contributed by atoms with Gasteiger partial charge in [0.1, 0.15) is 0 Å². The number of ether oxygens (including phenoxy) is 1. The first-order valence-electron chi connectivity index (χ1n) is 4.86. The summed E-state index contributed by atoms with van der Waals surface area (Å²) in [7, 11) is 0. The average molecular weight is 184 g/mol. The highest BCUT2D eigenvalue weighted by Crippen LogP contribution is 2.27. The van der Waals surface area contributed by atoms with Gasteiger partial charge in [0.2, 0.25) is 0 Å². The molecule has 1 saturated carbocycles. The fourth-order valence-electron chi connectivity index (χ4n) is 1.89. The number of carbonyl (C=O) groups is 2. The van der Waals surface area contributed by atoms with E-state index >= 15 is 0 Å². The van der Waals surface area contributed by atoms with Crippen LogP contribution in [0.25, 0.3) is 0 Å². The molecule has 0 aromatic carbocycles. The van der Waals surface area contributed by atoms with Gasteiger partial charge in [-0.15, -0.1) is 0 Å². The van der Waals surface area contributed by atoms with Crippen LogP contribution in [0.1, 0.15) is 39.0 Å². The molecule has 13 heavy (non-hydrogen) atoms. The lowest BCUT2D eigenvalue weighted by molar-refractivity contribution is -0.153. The van der Waals surface area contributed by atoms with Gasteiger partial charge >= 0.3 is 5.97 Å². The monoisotopic (exact) mass is 184 g/mol. The standard InChI is InChI=1S/C10H16O3/c1-8(12)13-10(7-11)9-5-3-2-4-6-9/h7,9-10H,2-6H2,1H3/t10-/m1/s1. The van der Waals surface area contributed by atoms with E-state index in [1.807, 2.05) is 0 Å². The van der Waals surface area contributed by atoms with E-state index in [1.165, 1.54) is 13.3 Å². The molecule has 0 N–H and O–H groups in total. The molecule has 0 aliphatic heterocycles. The van der Waals surface area contributed by atoms with Gasteiger partial charge in [-0.05, 0) is 12.8 Å². The Balaban J connectivity index is 2.43. The second kappa shape index (κ2) is 5.00. The predicted molar refractivity (Wildman–Crippen MR) is 48.2 cm³/mol. The van der Waals surface area contributed by atoms with Crippen molar-refractivity contribution in [3.63, 3.8) is 0 Å². The summed E-state index contributed by atoms with van der Waals surface area (Å²) in [4.78, 5) is 21.3. The third-order valence-electron chi connectivity index (χ3n) is 2.55. The number of esters is 1. The summed E-state index contributed by atoms with van der Waals surface area (Å²) in [5.74, 6) is -0.0992. The van der Waals surface area contributed by atoms with Gasteiger partial charge < -0.3 is 4.74 Å². The Morgan fingerprint density at radius 3 is 2.46 bits per heavy atom. The summed E-state index contributed by atoms with van der Waals surface area (Å²) in [6, 6.07) is 0. The molecule has 0 radical (unpaired) electrons. The number of carbonyl (C=O) groups excluding carboxylic acids is 2. The van der Waals surface area contributed by atoms with Crippen molar-refractivity contribution in [1.29, 1.82) is 0 Å². The van der Waals surface area contributed by atoms with Crippen molar-refractivity contribution in [3.05, 3.63) is 0 Å². The molecule has 3 heteroatoms. The van der Waals surface area contributed by atoms with Crippen LogP contribution in [0.2, 0.25) is 0 Å². The molecule has 0 aromatic heterocycles. The molecule has 0 aromatic rings. The van der Waals surface area contributed by atoms with Gasteiger partial charge in [-0.3, -0.25) is 9.59 Å². The van der Waals surface area contributed by atoms with Gasteiger partial charge in [-0.1, -0.05) is 19.3 Å².